The minimum absolute atomic E-state index is 0.764. The van der Waals surface area contributed by atoms with Crippen molar-refractivity contribution in [1.29, 1.82) is 0 Å². The number of hydrogen-bond donors (Lipinski definition) is 1. The summed E-state index contributed by atoms with van der Waals surface area (Å²) in [7, 11) is 2.11. The molecule has 1 heterocycles. The number of aromatic nitrogens is 2. The van der Waals surface area contributed by atoms with Gasteiger partial charge in [0.1, 0.15) is 5.82 Å². The molecule has 3 heteroatoms. The van der Waals surface area contributed by atoms with Crippen LogP contribution in [-0.4, -0.2) is 22.1 Å². The van der Waals surface area contributed by atoms with Gasteiger partial charge < -0.3 is 9.88 Å². The lowest BCUT2D eigenvalue weighted by atomic mass is 10.1. The summed E-state index contributed by atoms with van der Waals surface area (Å²) < 4.78 is 2.20. The van der Waals surface area contributed by atoms with Crippen LogP contribution in [0.4, 0.5) is 0 Å². The number of fused-ring (bicyclic) bond motifs is 1. The molecular formula is C17H25N3. The Labute approximate surface area is 121 Å². The fourth-order valence-electron chi connectivity index (χ4n) is 3.32. The second-order valence-electron chi connectivity index (χ2n) is 5.95. The molecule has 0 amide bonds. The van der Waals surface area contributed by atoms with Crippen LogP contribution in [-0.2, 0) is 19.9 Å². The maximum Gasteiger partial charge on any atom is 0.109 e. The Bertz CT molecular complexity index is 579. The third-order valence-corrected chi connectivity index (χ3v) is 4.56. The van der Waals surface area contributed by atoms with Gasteiger partial charge in [-0.3, -0.25) is 0 Å². The molecule has 20 heavy (non-hydrogen) atoms. The van der Waals surface area contributed by atoms with Gasteiger partial charge in [-0.2, -0.15) is 0 Å². The van der Waals surface area contributed by atoms with Gasteiger partial charge in [-0.15, -0.1) is 0 Å². The second-order valence-corrected chi connectivity index (χ2v) is 5.95. The molecule has 1 fully saturated rings. The number of rotatable bonds is 5. The van der Waals surface area contributed by atoms with Crippen molar-refractivity contribution < 1.29 is 0 Å². The van der Waals surface area contributed by atoms with E-state index in [1.807, 2.05) is 0 Å². The molecule has 0 spiro atoms. The molecule has 1 N–H and O–H groups in total. The Balaban J connectivity index is 1.66. The highest BCUT2D eigenvalue weighted by Crippen LogP contribution is 2.19. The van der Waals surface area contributed by atoms with Crippen molar-refractivity contribution in [2.75, 3.05) is 6.54 Å². The zero-order valence-electron chi connectivity index (χ0n) is 12.7. The van der Waals surface area contributed by atoms with Crippen LogP contribution in [0.25, 0.3) is 11.0 Å². The lowest BCUT2D eigenvalue weighted by Gasteiger charge is -2.11. The number of aryl methyl sites for hydroxylation is 2. The van der Waals surface area contributed by atoms with Gasteiger partial charge in [-0.1, -0.05) is 25.8 Å². The van der Waals surface area contributed by atoms with Gasteiger partial charge in [-0.05, 0) is 43.5 Å². The second kappa shape index (κ2) is 5.96. The smallest absolute Gasteiger partial charge is 0.109 e. The standard InChI is InChI=1S/C17H25N3/c1-3-17-19-15-12-13(8-9-16(15)20(17)2)10-11-18-14-6-4-5-7-14/h8-9,12,14,18H,3-7,10-11H2,1-2H3. The van der Waals surface area contributed by atoms with Gasteiger partial charge >= 0.3 is 0 Å². The van der Waals surface area contributed by atoms with Crippen LogP contribution in [0.1, 0.15) is 44.0 Å². The summed E-state index contributed by atoms with van der Waals surface area (Å²) in [5.74, 6) is 1.17. The van der Waals surface area contributed by atoms with Crippen molar-refractivity contribution in [2.24, 2.45) is 7.05 Å². The highest BCUT2D eigenvalue weighted by molar-refractivity contribution is 5.76. The third-order valence-electron chi connectivity index (χ3n) is 4.56. The van der Waals surface area contributed by atoms with E-state index in [1.165, 1.54) is 42.6 Å². The molecule has 1 aliphatic rings. The first-order valence-corrected chi connectivity index (χ1v) is 7.95. The van der Waals surface area contributed by atoms with Crippen LogP contribution in [0, 0.1) is 0 Å². The van der Waals surface area contributed by atoms with E-state index in [0.29, 0.717) is 0 Å². The maximum atomic E-state index is 4.72. The Kier molecular flexibility index (Phi) is 4.06. The highest BCUT2D eigenvalue weighted by atomic mass is 15.1. The SMILES string of the molecule is CCc1nc2cc(CCNC3CCCC3)ccc2n1C. The fraction of sp³-hybridized carbons (Fsp3) is 0.588. The monoisotopic (exact) mass is 271 g/mol. The molecule has 1 aromatic carbocycles. The van der Waals surface area contributed by atoms with E-state index in [1.54, 1.807) is 0 Å². The van der Waals surface area contributed by atoms with E-state index in [9.17, 15) is 0 Å². The van der Waals surface area contributed by atoms with Crippen LogP contribution in [0.3, 0.4) is 0 Å². The van der Waals surface area contributed by atoms with Gasteiger partial charge in [0.15, 0.2) is 0 Å². The average molecular weight is 271 g/mol. The van der Waals surface area contributed by atoms with Gasteiger partial charge in [0.2, 0.25) is 0 Å². The first-order valence-electron chi connectivity index (χ1n) is 7.95. The number of hydrogen-bond acceptors (Lipinski definition) is 2. The van der Waals surface area contributed by atoms with Crippen molar-refractivity contribution in [3.05, 3.63) is 29.6 Å². The van der Waals surface area contributed by atoms with Crippen molar-refractivity contribution in [3.63, 3.8) is 0 Å². The van der Waals surface area contributed by atoms with E-state index >= 15 is 0 Å². The summed E-state index contributed by atoms with van der Waals surface area (Å²) in [6, 6.07) is 7.48. The van der Waals surface area contributed by atoms with Gasteiger partial charge in [0, 0.05) is 19.5 Å². The highest BCUT2D eigenvalue weighted by Gasteiger charge is 2.13. The minimum atomic E-state index is 0.764. The maximum absolute atomic E-state index is 4.72. The molecule has 1 aromatic heterocycles. The molecule has 3 rings (SSSR count). The van der Waals surface area contributed by atoms with Crippen LogP contribution >= 0.6 is 0 Å². The van der Waals surface area contributed by atoms with Crippen LogP contribution in [0.2, 0.25) is 0 Å². The summed E-state index contributed by atoms with van der Waals surface area (Å²) >= 11 is 0. The molecule has 3 nitrogen and oxygen atoms in total. The fourth-order valence-corrected chi connectivity index (χ4v) is 3.32. The van der Waals surface area contributed by atoms with E-state index in [4.69, 9.17) is 4.98 Å². The van der Waals surface area contributed by atoms with Crippen molar-refractivity contribution in [2.45, 2.75) is 51.5 Å². The van der Waals surface area contributed by atoms with E-state index in [-0.39, 0.29) is 0 Å². The van der Waals surface area contributed by atoms with Crippen LogP contribution in [0.5, 0.6) is 0 Å². The Morgan fingerprint density at radius 3 is 2.85 bits per heavy atom. The Morgan fingerprint density at radius 2 is 2.10 bits per heavy atom. The predicted molar refractivity (Wildman–Crippen MR) is 84.1 cm³/mol. The first-order chi connectivity index (χ1) is 9.78. The normalized spacial score (nSPS) is 16.3. The number of nitrogens with zero attached hydrogens (tertiary/aromatic N) is 2. The van der Waals surface area contributed by atoms with Crippen LogP contribution in [0.15, 0.2) is 18.2 Å². The largest absolute Gasteiger partial charge is 0.331 e. The zero-order valence-corrected chi connectivity index (χ0v) is 12.7. The molecule has 0 radical (unpaired) electrons. The molecule has 0 saturated heterocycles. The molecule has 0 bridgehead atoms. The number of nitrogens with one attached hydrogen (secondary N) is 1. The quantitative estimate of drug-likeness (QED) is 0.905. The number of benzene rings is 1. The Morgan fingerprint density at radius 1 is 1.30 bits per heavy atom. The lowest BCUT2D eigenvalue weighted by Crippen LogP contribution is -2.27. The van der Waals surface area contributed by atoms with Gasteiger partial charge in [-0.25, -0.2) is 4.98 Å². The topological polar surface area (TPSA) is 29.9 Å². The van der Waals surface area contributed by atoms with E-state index in [0.717, 1.165) is 30.9 Å². The summed E-state index contributed by atoms with van der Waals surface area (Å²) in [6.45, 7) is 3.25. The number of imidazole rings is 1. The van der Waals surface area contributed by atoms with Gasteiger partial charge in [0.05, 0.1) is 11.0 Å². The van der Waals surface area contributed by atoms with Crippen molar-refractivity contribution in [3.8, 4) is 0 Å². The summed E-state index contributed by atoms with van der Waals surface area (Å²) in [5, 5.41) is 3.68. The van der Waals surface area contributed by atoms with E-state index in [2.05, 4.69) is 42.1 Å². The summed E-state index contributed by atoms with van der Waals surface area (Å²) in [5.41, 5.74) is 3.78. The van der Waals surface area contributed by atoms with E-state index < -0.39 is 0 Å². The zero-order chi connectivity index (χ0) is 13.9. The molecule has 1 aliphatic carbocycles. The molecule has 2 aromatic rings. The van der Waals surface area contributed by atoms with Crippen molar-refractivity contribution >= 4 is 11.0 Å². The molecule has 0 unspecified atom stereocenters. The third kappa shape index (κ3) is 2.73. The first kappa shape index (κ1) is 13.6. The summed E-state index contributed by atoms with van der Waals surface area (Å²) in [6.07, 6.45) is 7.61. The molecular weight excluding hydrogens is 246 g/mol. The molecule has 0 aliphatic heterocycles. The predicted octanol–water partition coefficient (Wildman–Crippen LogP) is 3.21. The average Bonchev–Trinajstić information content (AvgIpc) is 3.07. The lowest BCUT2D eigenvalue weighted by molar-refractivity contribution is 0.528. The molecule has 108 valence electrons. The van der Waals surface area contributed by atoms with Gasteiger partial charge in [0.25, 0.3) is 0 Å². The summed E-state index contributed by atoms with van der Waals surface area (Å²) in [4.78, 5) is 4.72. The molecule has 1 saturated carbocycles. The van der Waals surface area contributed by atoms with Crippen molar-refractivity contribution in [1.82, 2.24) is 14.9 Å². The van der Waals surface area contributed by atoms with Crippen LogP contribution < -0.4 is 5.32 Å². The Hall–Kier alpha value is -1.35. The minimum Gasteiger partial charge on any atom is -0.331 e. The molecule has 0 atom stereocenters.